The summed E-state index contributed by atoms with van der Waals surface area (Å²) in [5.41, 5.74) is 3.05. The van der Waals surface area contributed by atoms with Crippen molar-refractivity contribution in [2.75, 3.05) is 37.1 Å². The fourth-order valence-corrected chi connectivity index (χ4v) is 1.33. The molecule has 5 nitrogen and oxygen atoms in total. The van der Waals surface area contributed by atoms with Crippen LogP contribution in [-0.2, 0) is 4.79 Å². The lowest BCUT2D eigenvalue weighted by atomic mass is 10.2. The predicted octanol–water partition coefficient (Wildman–Crippen LogP) is 1.78. The van der Waals surface area contributed by atoms with Gasteiger partial charge in [0.2, 0.25) is 6.08 Å². The lowest BCUT2D eigenvalue weighted by molar-refractivity contribution is 0.565. The first-order valence-corrected chi connectivity index (χ1v) is 4.56. The average molecular weight is 206 g/mol. The van der Waals surface area contributed by atoms with E-state index in [1.165, 1.54) is 0 Å². The molecule has 1 rings (SSSR count). The quantitative estimate of drug-likeness (QED) is 0.519. The van der Waals surface area contributed by atoms with Gasteiger partial charge in [0.1, 0.15) is 5.69 Å². The van der Waals surface area contributed by atoms with Crippen molar-refractivity contribution in [1.29, 1.82) is 0 Å². The number of isocyanates is 1. The Bertz CT molecular complexity index is 371. The molecule has 1 aromatic rings. The molecule has 0 fully saturated rings. The van der Waals surface area contributed by atoms with Crippen LogP contribution in [0.25, 0.3) is 0 Å². The molecule has 0 aliphatic heterocycles. The smallest absolute Gasteiger partial charge is 0.240 e. The van der Waals surface area contributed by atoms with Crippen molar-refractivity contribution in [3.05, 3.63) is 12.1 Å². The normalized spacial score (nSPS) is 9.00. The number of hydrogen-bond donors (Lipinski definition) is 3. The molecule has 80 valence electrons. The molecular weight excluding hydrogens is 192 g/mol. The van der Waals surface area contributed by atoms with Gasteiger partial charge in [0.25, 0.3) is 0 Å². The van der Waals surface area contributed by atoms with Gasteiger partial charge in [-0.3, -0.25) is 0 Å². The number of carbonyl (C=O) groups excluding carboxylic acids is 1. The van der Waals surface area contributed by atoms with Crippen LogP contribution in [0.2, 0.25) is 0 Å². The molecule has 0 amide bonds. The van der Waals surface area contributed by atoms with Gasteiger partial charge >= 0.3 is 0 Å². The number of nitrogens with zero attached hydrogens (tertiary/aromatic N) is 1. The van der Waals surface area contributed by atoms with E-state index < -0.39 is 0 Å². The second kappa shape index (κ2) is 5.02. The molecule has 1 aromatic carbocycles. The number of hydrogen-bond acceptors (Lipinski definition) is 5. The summed E-state index contributed by atoms with van der Waals surface area (Å²) < 4.78 is 0. The van der Waals surface area contributed by atoms with Crippen LogP contribution in [0.15, 0.2) is 17.1 Å². The first-order valence-electron chi connectivity index (χ1n) is 4.56. The highest BCUT2D eigenvalue weighted by molar-refractivity contribution is 5.85. The molecule has 0 aliphatic rings. The molecule has 0 unspecified atom stereocenters. The largest absolute Gasteiger partial charge is 0.388 e. The van der Waals surface area contributed by atoms with Crippen LogP contribution in [0.1, 0.15) is 0 Å². The molecule has 0 heterocycles. The Balaban J connectivity index is 3.38. The molecule has 5 heteroatoms. The van der Waals surface area contributed by atoms with E-state index in [2.05, 4.69) is 20.9 Å². The molecule has 0 saturated heterocycles. The fourth-order valence-electron chi connectivity index (χ4n) is 1.33. The van der Waals surface area contributed by atoms with Crippen molar-refractivity contribution >= 4 is 28.8 Å². The van der Waals surface area contributed by atoms with Crippen molar-refractivity contribution < 1.29 is 4.79 Å². The van der Waals surface area contributed by atoms with E-state index in [0.29, 0.717) is 5.69 Å². The Hall–Kier alpha value is -2.00. The van der Waals surface area contributed by atoms with E-state index in [-0.39, 0.29) is 0 Å². The minimum atomic E-state index is 0.564. The highest BCUT2D eigenvalue weighted by Gasteiger charge is 2.07. The molecule has 0 atom stereocenters. The van der Waals surface area contributed by atoms with Crippen LogP contribution < -0.4 is 16.0 Å². The van der Waals surface area contributed by atoms with Crippen LogP contribution in [0, 0.1) is 0 Å². The summed E-state index contributed by atoms with van der Waals surface area (Å²) in [4.78, 5) is 14.0. The summed E-state index contributed by atoms with van der Waals surface area (Å²) in [5, 5.41) is 8.98. The maximum absolute atomic E-state index is 10.3. The van der Waals surface area contributed by atoms with Crippen LogP contribution in [-0.4, -0.2) is 27.2 Å². The number of aliphatic imine (C=N–C) groups is 1. The number of nitrogens with one attached hydrogen (secondary N) is 3. The van der Waals surface area contributed by atoms with E-state index in [1.54, 1.807) is 20.2 Å². The third-order valence-corrected chi connectivity index (χ3v) is 2.09. The van der Waals surface area contributed by atoms with Crippen molar-refractivity contribution in [2.45, 2.75) is 0 Å². The summed E-state index contributed by atoms with van der Waals surface area (Å²) >= 11 is 0. The average Bonchev–Trinajstić information content (AvgIpc) is 2.29. The van der Waals surface area contributed by atoms with Gasteiger partial charge in [0.05, 0.1) is 11.4 Å². The predicted molar refractivity (Wildman–Crippen MR) is 62.9 cm³/mol. The standard InChI is InChI=1S/C10H14N4O/c1-11-7-4-8(12-2)10(14-6-15)9(5-7)13-3/h4-5,11-13H,1-3H3. The molecule has 0 spiro atoms. The molecule has 0 bridgehead atoms. The molecule has 0 aliphatic carbocycles. The first-order chi connectivity index (χ1) is 7.26. The summed E-state index contributed by atoms with van der Waals surface area (Å²) in [7, 11) is 5.38. The Kier molecular flexibility index (Phi) is 3.71. The van der Waals surface area contributed by atoms with Gasteiger partial charge in [-0.1, -0.05) is 0 Å². The lowest BCUT2D eigenvalue weighted by Gasteiger charge is -2.12. The van der Waals surface area contributed by atoms with Gasteiger partial charge in [-0.2, -0.15) is 4.99 Å². The third kappa shape index (κ3) is 2.27. The highest BCUT2D eigenvalue weighted by Crippen LogP contribution is 2.36. The Morgan fingerprint density at radius 2 is 1.60 bits per heavy atom. The Labute approximate surface area is 88.6 Å². The van der Waals surface area contributed by atoms with Crippen LogP contribution in [0.4, 0.5) is 22.7 Å². The van der Waals surface area contributed by atoms with Crippen LogP contribution in [0.3, 0.4) is 0 Å². The van der Waals surface area contributed by atoms with Crippen LogP contribution >= 0.6 is 0 Å². The molecule has 0 saturated carbocycles. The first kappa shape index (κ1) is 11.1. The Morgan fingerprint density at radius 1 is 1.07 bits per heavy atom. The topological polar surface area (TPSA) is 65.5 Å². The Morgan fingerprint density at radius 3 is 1.93 bits per heavy atom. The zero-order valence-electron chi connectivity index (χ0n) is 9.01. The van der Waals surface area contributed by atoms with Gasteiger partial charge in [-0.15, -0.1) is 0 Å². The molecule has 15 heavy (non-hydrogen) atoms. The van der Waals surface area contributed by atoms with Crippen molar-refractivity contribution in [2.24, 2.45) is 4.99 Å². The molecule has 3 N–H and O–H groups in total. The maximum atomic E-state index is 10.3. The minimum Gasteiger partial charge on any atom is -0.388 e. The van der Waals surface area contributed by atoms with Gasteiger partial charge in [0.15, 0.2) is 0 Å². The summed E-state index contributed by atoms with van der Waals surface area (Å²) in [6.07, 6.45) is 1.55. The third-order valence-electron chi connectivity index (χ3n) is 2.09. The number of benzene rings is 1. The zero-order valence-corrected chi connectivity index (χ0v) is 9.01. The minimum absolute atomic E-state index is 0.564. The number of anilines is 3. The number of rotatable bonds is 4. The molecule has 0 aromatic heterocycles. The fraction of sp³-hybridized carbons (Fsp3) is 0.300. The molecule has 0 radical (unpaired) electrons. The second-order valence-electron chi connectivity index (χ2n) is 2.87. The molecular formula is C10H14N4O. The van der Waals surface area contributed by atoms with Gasteiger partial charge in [-0.25, -0.2) is 4.79 Å². The SMILES string of the molecule is CNc1cc(NC)c(N=C=O)c(NC)c1. The van der Waals surface area contributed by atoms with E-state index in [4.69, 9.17) is 0 Å². The van der Waals surface area contributed by atoms with E-state index >= 15 is 0 Å². The van der Waals surface area contributed by atoms with E-state index in [9.17, 15) is 4.79 Å². The summed E-state index contributed by atoms with van der Waals surface area (Å²) in [6.45, 7) is 0. The maximum Gasteiger partial charge on any atom is 0.240 e. The van der Waals surface area contributed by atoms with Crippen molar-refractivity contribution in [3.8, 4) is 0 Å². The van der Waals surface area contributed by atoms with Gasteiger partial charge in [-0.05, 0) is 12.1 Å². The van der Waals surface area contributed by atoms with E-state index in [0.717, 1.165) is 17.1 Å². The summed E-state index contributed by atoms with van der Waals surface area (Å²) in [6, 6.07) is 3.74. The highest BCUT2D eigenvalue weighted by atomic mass is 16.1. The monoisotopic (exact) mass is 206 g/mol. The van der Waals surface area contributed by atoms with E-state index in [1.807, 2.05) is 19.2 Å². The second-order valence-corrected chi connectivity index (χ2v) is 2.87. The van der Waals surface area contributed by atoms with Gasteiger partial charge in [0, 0.05) is 26.8 Å². The lowest BCUT2D eigenvalue weighted by Crippen LogP contribution is -1.97. The zero-order chi connectivity index (χ0) is 11.3. The van der Waals surface area contributed by atoms with Crippen LogP contribution in [0.5, 0.6) is 0 Å². The van der Waals surface area contributed by atoms with Gasteiger partial charge < -0.3 is 16.0 Å². The van der Waals surface area contributed by atoms with Crippen molar-refractivity contribution in [3.63, 3.8) is 0 Å². The summed E-state index contributed by atoms with van der Waals surface area (Å²) in [5.74, 6) is 0. The van der Waals surface area contributed by atoms with Crippen molar-refractivity contribution in [1.82, 2.24) is 0 Å².